The zero-order chi connectivity index (χ0) is 6.41. The van der Waals surface area contributed by atoms with E-state index in [9.17, 15) is 0 Å². The Morgan fingerprint density at radius 1 is 1.25 bits per heavy atom. The molecule has 8 heavy (non-hydrogen) atoms. The second-order valence-corrected chi connectivity index (χ2v) is 1.12. The van der Waals surface area contributed by atoms with Gasteiger partial charge in [-0.2, -0.15) is 0 Å². The summed E-state index contributed by atoms with van der Waals surface area (Å²) >= 11 is 0. The summed E-state index contributed by atoms with van der Waals surface area (Å²) in [6, 6.07) is 0. The van der Waals surface area contributed by atoms with Crippen molar-refractivity contribution < 1.29 is 9.68 Å². The number of hydrogen-bond donors (Lipinski definition) is 1. The van der Waals surface area contributed by atoms with Gasteiger partial charge in [0.1, 0.15) is 0 Å². The van der Waals surface area contributed by atoms with Crippen molar-refractivity contribution in [2.24, 2.45) is 5.84 Å². The van der Waals surface area contributed by atoms with Gasteiger partial charge < -0.3 is 0 Å². The van der Waals surface area contributed by atoms with E-state index in [4.69, 9.17) is 5.84 Å². The van der Waals surface area contributed by atoms with Gasteiger partial charge >= 0.3 is 0 Å². The van der Waals surface area contributed by atoms with Crippen molar-refractivity contribution in [3.63, 3.8) is 0 Å². The first-order valence-electron chi connectivity index (χ1n) is 2.61. The number of nitrogens with two attached hydrogens (primary N) is 1. The van der Waals surface area contributed by atoms with Crippen molar-refractivity contribution in [2.45, 2.75) is 13.8 Å². The third-order valence-electron chi connectivity index (χ3n) is 0.513. The average molecular weight is 120 g/mol. The van der Waals surface area contributed by atoms with E-state index < -0.39 is 0 Å². The molecule has 0 aromatic heterocycles. The Morgan fingerprint density at radius 3 is 1.88 bits per heavy atom. The molecule has 2 N–H and O–H groups in total. The molecule has 0 heterocycles. The van der Waals surface area contributed by atoms with Gasteiger partial charge in [-0.15, -0.1) is 0 Å². The lowest BCUT2D eigenvalue weighted by Gasteiger charge is -2.11. The molecular formula is C4H12N2O2. The fourth-order valence-electron chi connectivity index (χ4n) is 0.292. The predicted octanol–water partition coefficient (Wildman–Crippen LogP) is 0.0651. The summed E-state index contributed by atoms with van der Waals surface area (Å²) in [5.74, 6) is 5.08. The Balaban J connectivity index is 2.92. The molecule has 0 saturated heterocycles. The molecule has 0 spiro atoms. The molecule has 0 rings (SSSR count). The zero-order valence-corrected chi connectivity index (χ0v) is 5.26. The van der Waals surface area contributed by atoms with Gasteiger partial charge in [-0.3, -0.25) is 9.68 Å². The maximum Gasteiger partial charge on any atom is 0.0698 e. The quantitative estimate of drug-likeness (QED) is 0.421. The van der Waals surface area contributed by atoms with E-state index >= 15 is 0 Å². The Labute approximate surface area is 49.0 Å². The van der Waals surface area contributed by atoms with Gasteiger partial charge in [0.15, 0.2) is 0 Å². The van der Waals surface area contributed by atoms with Crippen LogP contribution in [-0.2, 0) is 9.68 Å². The Kier molecular flexibility index (Phi) is 4.89. The van der Waals surface area contributed by atoms with Crippen molar-refractivity contribution in [2.75, 3.05) is 13.2 Å². The maximum absolute atomic E-state index is 5.08. The Bertz CT molecular complexity index is 45.3. The topological polar surface area (TPSA) is 47.7 Å². The standard InChI is InChI=1S/C4H12N2O2/c1-3-7-6(5)8-4-2/h3-5H2,1-2H3. The fraction of sp³-hybridized carbons (Fsp3) is 1.00. The third kappa shape index (κ3) is 4.01. The van der Waals surface area contributed by atoms with Crippen LogP contribution >= 0.6 is 0 Å². The van der Waals surface area contributed by atoms with Gasteiger partial charge in [0.05, 0.1) is 13.2 Å². The van der Waals surface area contributed by atoms with E-state index in [0.717, 1.165) is 5.34 Å². The van der Waals surface area contributed by atoms with Crippen LogP contribution < -0.4 is 5.84 Å². The smallest absolute Gasteiger partial charge is 0.0698 e. The third-order valence-corrected chi connectivity index (χ3v) is 0.513. The van der Waals surface area contributed by atoms with Crippen LogP contribution in [0, 0.1) is 0 Å². The molecular weight excluding hydrogens is 108 g/mol. The minimum Gasteiger partial charge on any atom is -0.261 e. The molecule has 0 fully saturated rings. The highest BCUT2D eigenvalue weighted by atomic mass is 17.0. The SMILES string of the molecule is CCON(N)OCC. The molecule has 0 atom stereocenters. The highest BCUT2D eigenvalue weighted by molar-refractivity contribution is 4.02. The van der Waals surface area contributed by atoms with Crippen LogP contribution in [0.4, 0.5) is 0 Å². The number of nitrogens with zero attached hydrogens (tertiary/aromatic N) is 1. The van der Waals surface area contributed by atoms with Crippen LogP contribution in [-0.4, -0.2) is 18.5 Å². The molecule has 0 aromatic rings. The maximum atomic E-state index is 5.08. The minimum atomic E-state index is 0.524. The summed E-state index contributed by atoms with van der Waals surface area (Å²) in [4.78, 5) is 9.34. The van der Waals surface area contributed by atoms with E-state index in [1.54, 1.807) is 0 Å². The first-order valence-corrected chi connectivity index (χ1v) is 2.61. The van der Waals surface area contributed by atoms with Crippen LogP contribution in [0.25, 0.3) is 0 Å². The van der Waals surface area contributed by atoms with Crippen LogP contribution in [0.3, 0.4) is 0 Å². The second-order valence-electron chi connectivity index (χ2n) is 1.12. The van der Waals surface area contributed by atoms with E-state index in [0.29, 0.717) is 13.2 Å². The lowest BCUT2D eigenvalue weighted by atomic mass is 10.9. The summed E-state index contributed by atoms with van der Waals surface area (Å²) in [5.41, 5.74) is 0. The number of rotatable bonds is 4. The summed E-state index contributed by atoms with van der Waals surface area (Å²) in [6.07, 6.45) is 0. The molecule has 0 radical (unpaired) electrons. The van der Waals surface area contributed by atoms with Crippen LogP contribution in [0.1, 0.15) is 13.8 Å². The van der Waals surface area contributed by atoms with Crippen molar-refractivity contribution >= 4 is 0 Å². The highest BCUT2D eigenvalue weighted by Crippen LogP contribution is 1.80. The summed E-state index contributed by atoms with van der Waals surface area (Å²) in [6.45, 7) is 4.71. The molecule has 0 saturated carbocycles. The molecule has 4 heteroatoms. The zero-order valence-electron chi connectivity index (χ0n) is 5.26. The number of hydrazine groups is 1. The van der Waals surface area contributed by atoms with E-state index in [-0.39, 0.29) is 0 Å². The highest BCUT2D eigenvalue weighted by Gasteiger charge is 1.91. The first-order chi connectivity index (χ1) is 3.81. The predicted molar refractivity (Wildman–Crippen MR) is 29.3 cm³/mol. The van der Waals surface area contributed by atoms with E-state index in [1.807, 2.05) is 13.8 Å². The average Bonchev–Trinajstić information content (AvgIpc) is 1.68. The largest absolute Gasteiger partial charge is 0.261 e. The van der Waals surface area contributed by atoms with Crippen molar-refractivity contribution in [3.8, 4) is 0 Å². The normalized spacial score (nSPS) is 10.5. The van der Waals surface area contributed by atoms with Gasteiger partial charge in [0.25, 0.3) is 0 Å². The summed E-state index contributed by atoms with van der Waals surface area (Å²) < 4.78 is 0. The molecule has 0 aromatic carbocycles. The lowest BCUT2D eigenvalue weighted by Crippen LogP contribution is -2.31. The minimum absolute atomic E-state index is 0.524. The Morgan fingerprint density at radius 2 is 1.62 bits per heavy atom. The van der Waals surface area contributed by atoms with Crippen LogP contribution in [0.2, 0.25) is 0 Å². The van der Waals surface area contributed by atoms with Gasteiger partial charge in [-0.25, -0.2) is 5.84 Å². The van der Waals surface area contributed by atoms with Crippen molar-refractivity contribution in [1.29, 1.82) is 0 Å². The van der Waals surface area contributed by atoms with Gasteiger partial charge in [-0.1, -0.05) is 0 Å². The monoisotopic (exact) mass is 120 g/mol. The second kappa shape index (κ2) is 4.99. The summed E-state index contributed by atoms with van der Waals surface area (Å²) in [5, 5.41) is 0.861. The van der Waals surface area contributed by atoms with Crippen molar-refractivity contribution in [1.82, 2.24) is 5.34 Å². The van der Waals surface area contributed by atoms with E-state index in [1.165, 1.54) is 0 Å². The number of hydrogen-bond acceptors (Lipinski definition) is 4. The first kappa shape index (κ1) is 7.84. The molecule has 0 aliphatic rings. The fourth-order valence-corrected chi connectivity index (χ4v) is 0.292. The van der Waals surface area contributed by atoms with Crippen molar-refractivity contribution in [3.05, 3.63) is 0 Å². The molecule has 0 unspecified atom stereocenters. The molecule has 0 amide bonds. The summed E-state index contributed by atoms with van der Waals surface area (Å²) in [7, 11) is 0. The Hall–Kier alpha value is -0.160. The lowest BCUT2D eigenvalue weighted by molar-refractivity contribution is -0.368. The molecule has 0 bridgehead atoms. The van der Waals surface area contributed by atoms with Crippen LogP contribution in [0.15, 0.2) is 0 Å². The van der Waals surface area contributed by atoms with Crippen LogP contribution in [0.5, 0.6) is 0 Å². The molecule has 0 aliphatic carbocycles. The van der Waals surface area contributed by atoms with Gasteiger partial charge in [-0.05, 0) is 13.8 Å². The van der Waals surface area contributed by atoms with E-state index in [2.05, 4.69) is 9.68 Å². The van der Waals surface area contributed by atoms with Gasteiger partial charge in [0.2, 0.25) is 0 Å². The van der Waals surface area contributed by atoms with Gasteiger partial charge in [0, 0.05) is 5.34 Å². The molecule has 0 aliphatic heterocycles. The molecule has 50 valence electrons. The molecule has 4 nitrogen and oxygen atoms in total.